The van der Waals surface area contributed by atoms with Crippen molar-refractivity contribution in [3.8, 4) is 0 Å². The molecule has 2 atom stereocenters. The van der Waals surface area contributed by atoms with E-state index in [1.165, 1.54) is 19.3 Å². The fourth-order valence-electron chi connectivity index (χ4n) is 2.64. The molecule has 0 heterocycles. The Balaban J connectivity index is 2.05. The van der Waals surface area contributed by atoms with Crippen LogP contribution in [0.4, 0.5) is 4.39 Å². The number of hydrogen-bond acceptors (Lipinski definition) is 1. The van der Waals surface area contributed by atoms with Crippen LogP contribution < -0.4 is 5.73 Å². The minimum atomic E-state index is -0.327. The number of benzene rings is 1. The van der Waals surface area contributed by atoms with Gasteiger partial charge < -0.3 is 5.73 Å². The third-order valence-electron chi connectivity index (χ3n) is 3.70. The van der Waals surface area contributed by atoms with Crippen LogP contribution in [0.15, 0.2) is 18.2 Å². The molecular weight excluding hydrogens is 237 g/mol. The summed E-state index contributed by atoms with van der Waals surface area (Å²) in [6.45, 7) is 0. The lowest BCUT2D eigenvalue weighted by Crippen LogP contribution is -2.30. The summed E-state index contributed by atoms with van der Waals surface area (Å²) < 4.78 is 13.3. The molecule has 1 aliphatic rings. The highest BCUT2D eigenvalue weighted by Crippen LogP contribution is 2.26. The maximum Gasteiger partial charge on any atom is 0.142 e. The molecule has 1 aromatic rings. The molecule has 94 valence electrons. The zero-order valence-corrected chi connectivity index (χ0v) is 10.7. The van der Waals surface area contributed by atoms with Gasteiger partial charge in [0.1, 0.15) is 5.82 Å². The van der Waals surface area contributed by atoms with Crippen molar-refractivity contribution in [2.75, 3.05) is 0 Å². The Bertz CT molecular complexity index is 380. The van der Waals surface area contributed by atoms with Gasteiger partial charge in [-0.3, -0.25) is 0 Å². The quantitative estimate of drug-likeness (QED) is 0.797. The van der Waals surface area contributed by atoms with Gasteiger partial charge in [-0.25, -0.2) is 4.39 Å². The molecule has 0 aliphatic heterocycles. The molecule has 1 aromatic carbocycles. The van der Waals surface area contributed by atoms with Gasteiger partial charge in [0.15, 0.2) is 0 Å². The Labute approximate surface area is 107 Å². The zero-order valence-electron chi connectivity index (χ0n) is 9.96. The van der Waals surface area contributed by atoms with Crippen LogP contribution in [0.25, 0.3) is 0 Å². The molecule has 0 aromatic heterocycles. The van der Waals surface area contributed by atoms with E-state index in [9.17, 15) is 4.39 Å². The molecule has 17 heavy (non-hydrogen) atoms. The van der Waals surface area contributed by atoms with E-state index in [0.717, 1.165) is 24.8 Å². The molecule has 1 nitrogen and oxygen atoms in total. The van der Waals surface area contributed by atoms with Crippen LogP contribution in [0.5, 0.6) is 0 Å². The van der Waals surface area contributed by atoms with Crippen molar-refractivity contribution in [3.05, 3.63) is 34.6 Å². The van der Waals surface area contributed by atoms with E-state index in [1.54, 1.807) is 12.1 Å². The van der Waals surface area contributed by atoms with Crippen molar-refractivity contribution in [1.29, 1.82) is 0 Å². The first-order valence-electron chi connectivity index (χ1n) is 6.36. The topological polar surface area (TPSA) is 26.0 Å². The predicted molar refractivity (Wildman–Crippen MR) is 69.7 cm³/mol. The summed E-state index contributed by atoms with van der Waals surface area (Å²) in [5.74, 6) is 0.157. The third-order valence-corrected chi connectivity index (χ3v) is 4.01. The Morgan fingerprint density at radius 2 is 2.00 bits per heavy atom. The largest absolute Gasteiger partial charge is 0.327 e. The molecule has 2 unspecified atom stereocenters. The Hall–Kier alpha value is -0.600. The van der Waals surface area contributed by atoms with Crippen LogP contribution in [0.1, 0.15) is 37.7 Å². The van der Waals surface area contributed by atoms with Gasteiger partial charge in [0.05, 0.1) is 5.02 Å². The highest BCUT2D eigenvalue weighted by molar-refractivity contribution is 6.30. The van der Waals surface area contributed by atoms with Gasteiger partial charge in [-0.15, -0.1) is 0 Å². The number of rotatable bonds is 2. The summed E-state index contributed by atoms with van der Waals surface area (Å²) in [6, 6.07) is 5.34. The van der Waals surface area contributed by atoms with Gasteiger partial charge in [-0.05, 0) is 42.9 Å². The van der Waals surface area contributed by atoms with Crippen LogP contribution >= 0.6 is 11.6 Å². The maximum atomic E-state index is 13.3. The van der Waals surface area contributed by atoms with Crippen molar-refractivity contribution in [1.82, 2.24) is 0 Å². The Kier molecular flexibility index (Phi) is 4.41. The predicted octanol–water partition coefficient (Wildman–Crippen LogP) is 3.93. The Morgan fingerprint density at radius 3 is 2.76 bits per heavy atom. The van der Waals surface area contributed by atoms with Crippen molar-refractivity contribution in [2.45, 2.75) is 44.6 Å². The molecular formula is C14H19ClFN. The van der Waals surface area contributed by atoms with E-state index in [1.807, 2.05) is 6.07 Å². The second-order valence-electron chi connectivity index (χ2n) is 5.01. The SMILES string of the molecule is NC1CCCCCC1Cc1ccc(Cl)c(F)c1. The van der Waals surface area contributed by atoms with Crippen LogP contribution in [-0.2, 0) is 6.42 Å². The summed E-state index contributed by atoms with van der Waals surface area (Å²) in [5, 5.41) is 0.193. The van der Waals surface area contributed by atoms with Crippen LogP contribution in [0, 0.1) is 11.7 Å². The second kappa shape index (κ2) is 5.83. The lowest BCUT2D eigenvalue weighted by Gasteiger charge is -2.21. The molecule has 1 saturated carbocycles. The summed E-state index contributed by atoms with van der Waals surface area (Å²) in [7, 11) is 0. The summed E-state index contributed by atoms with van der Waals surface area (Å²) in [4.78, 5) is 0. The van der Waals surface area contributed by atoms with Crippen molar-refractivity contribution >= 4 is 11.6 Å². The number of hydrogen-bond donors (Lipinski definition) is 1. The number of nitrogens with two attached hydrogens (primary N) is 1. The molecule has 2 rings (SSSR count). The van der Waals surface area contributed by atoms with E-state index in [2.05, 4.69) is 0 Å². The summed E-state index contributed by atoms with van der Waals surface area (Å²) in [6.07, 6.45) is 6.88. The first-order chi connectivity index (χ1) is 8.16. The van der Waals surface area contributed by atoms with Crippen LogP contribution in [-0.4, -0.2) is 6.04 Å². The minimum absolute atomic E-state index is 0.193. The van der Waals surface area contributed by atoms with Gasteiger partial charge in [-0.1, -0.05) is 36.9 Å². The normalized spacial score (nSPS) is 25.6. The zero-order chi connectivity index (χ0) is 12.3. The molecule has 1 fully saturated rings. The molecule has 0 saturated heterocycles. The van der Waals surface area contributed by atoms with Gasteiger partial charge >= 0.3 is 0 Å². The van der Waals surface area contributed by atoms with Crippen molar-refractivity contribution in [2.24, 2.45) is 11.7 Å². The molecule has 3 heteroatoms. The molecule has 0 amide bonds. The third kappa shape index (κ3) is 3.43. The summed E-state index contributed by atoms with van der Waals surface area (Å²) in [5.41, 5.74) is 7.18. The van der Waals surface area contributed by atoms with E-state index in [-0.39, 0.29) is 16.9 Å². The van der Waals surface area contributed by atoms with E-state index >= 15 is 0 Å². The van der Waals surface area contributed by atoms with E-state index < -0.39 is 0 Å². The van der Waals surface area contributed by atoms with Crippen LogP contribution in [0.3, 0.4) is 0 Å². The lowest BCUT2D eigenvalue weighted by atomic mass is 9.89. The van der Waals surface area contributed by atoms with Gasteiger partial charge in [0.2, 0.25) is 0 Å². The van der Waals surface area contributed by atoms with Gasteiger partial charge in [-0.2, -0.15) is 0 Å². The van der Waals surface area contributed by atoms with E-state index in [0.29, 0.717) is 5.92 Å². The molecule has 2 N–H and O–H groups in total. The highest BCUT2D eigenvalue weighted by Gasteiger charge is 2.20. The van der Waals surface area contributed by atoms with Crippen LogP contribution in [0.2, 0.25) is 5.02 Å². The lowest BCUT2D eigenvalue weighted by molar-refractivity contribution is 0.395. The second-order valence-corrected chi connectivity index (χ2v) is 5.42. The fourth-order valence-corrected chi connectivity index (χ4v) is 2.75. The molecule has 0 bridgehead atoms. The first-order valence-corrected chi connectivity index (χ1v) is 6.74. The molecule has 0 spiro atoms. The first kappa shape index (κ1) is 12.8. The summed E-state index contributed by atoms with van der Waals surface area (Å²) >= 11 is 5.68. The standard InChI is InChI=1S/C14H19ClFN/c15-12-7-6-10(9-13(12)16)8-11-4-2-1-3-5-14(11)17/h6-7,9,11,14H,1-5,8,17H2. The smallest absolute Gasteiger partial charge is 0.142 e. The number of halogens is 2. The molecule has 0 radical (unpaired) electrons. The maximum absolute atomic E-state index is 13.3. The highest BCUT2D eigenvalue weighted by atomic mass is 35.5. The van der Waals surface area contributed by atoms with Gasteiger partial charge in [0, 0.05) is 6.04 Å². The molecule has 1 aliphatic carbocycles. The fraction of sp³-hybridized carbons (Fsp3) is 0.571. The average molecular weight is 256 g/mol. The van der Waals surface area contributed by atoms with E-state index in [4.69, 9.17) is 17.3 Å². The monoisotopic (exact) mass is 255 g/mol. The van der Waals surface area contributed by atoms with Crippen molar-refractivity contribution in [3.63, 3.8) is 0 Å². The average Bonchev–Trinajstić information content (AvgIpc) is 2.50. The van der Waals surface area contributed by atoms with Crippen molar-refractivity contribution < 1.29 is 4.39 Å². The van der Waals surface area contributed by atoms with Gasteiger partial charge in [0.25, 0.3) is 0 Å². The Morgan fingerprint density at radius 1 is 1.24 bits per heavy atom. The minimum Gasteiger partial charge on any atom is -0.327 e.